The van der Waals surface area contributed by atoms with Gasteiger partial charge < -0.3 is 9.80 Å². The lowest BCUT2D eigenvalue weighted by molar-refractivity contribution is -0.118. The van der Waals surface area contributed by atoms with E-state index in [9.17, 15) is 4.79 Å². The number of carbonyl (C=O) groups excluding carboxylic acids is 1. The molecule has 3 heteroatoms. The maximum absolute atomic E-state index is 11.6. The molecule has 0 aromatic carbocycles. The van der Waals surface area contributed by atoms with Gasteiger partial charge in [0, 0.05) is 32.6 Å². The third-order valence-electron chi connectivity index (χ3n) is 2.40. The van der Waals surface area contributed by atoms with Crippen LogP contribution in [0.3, 0.4) is 0 Å². The maximum Gasteiger partial charge on any atom is 0.211 e. The molecule has 0 aliphatic carbocycles. The Kier molecular flexibility index (Phi) is 3.97. The van der Waals surface area contributed by atoms with Crippen molar-refractivity contribution in [2.24, 2.45) is 5.92 Å². The van der Waals surface area contributed by atoms with Crippen LogP contribution in [0.1, 0.15) is 12.8 Å². The summed E-state index contributed by atoms with van der Waals surface area (Å²) < 4.78 is 0. The molecule has 1 aliphatic rings. The highest BCUT2D eigenvalue weighted by Crippen LogP contribution is 2.15. The highest BCUT2D eigenvalue weighted by Gasteiger charge is 2.22. The number of hydrogen-bond acceptors (Lipinski definition) is 3. The van der Waals surface area contributed by atoms with Gasteiger partial charge >= 0.3 is 0 Å². The molecule has 1 rings (SSSR count). The Morgan fingerprint density at radius 2 is 2.21 bits per heavy atom. The summed E-state index contributed by atoms with van der Waals surface area (Å²) in [6.07, 6.45) is 2.10. The van der Waals surface area contributed by atoms with Gasteiger partial charge in [0.05, 0.1) is 0 Å². The van der Waals surface area contributed by atoms with E-state index in [0.29, 0.717) is 0 Å². The normalized spacial score (nSPS) is 22.4. The van der Waals surface area contributed by atoms with Crippen LogP contribution in [0, 0.1) is 17.9 Å². The molecule has 1 unspecified atom stereocenters. The first-order valence-corrected chi connectivity index (χ1v) is 5.01. The summed E-state index contributed by atoms with van der Waals surface area (Å²) in [4.78, 5) is 15.5. The van der Waals surface area contributed by atoms with E-state index in [0.717, 1.165) is 25.9 Å². The minimum atomic E-state index is 0.0882. The molecule has 78 valence electrons. The van der Waals surface area contributed by atoms with Crippen molar-refractivity contribution in [2.45, 2.75) is 12.8 Å². The van der Waals surface area contributed by atoms with Crippen LogP contribution in [0.4, 0.5) is 0 Å². The van der Waals surface area contributed by atoms with Gasteiger partial charge in [-0.15, -0.1) is 0 Å². The van der Waals surface area contributed by atoms with Crippen LogP contribution in [0.15, 0.2) is 0 Å². The van der Waals surface area contributed by atoms with Crippen molar-refractivity contribution in [3.63, 3.8) is 0 Å². The lowest BCUT2D eigenvalue weighted by atomic mass is 9.94. The minimum absolute atomic E-state index is 0.0882. The van der Waals surface area contributed by atoms with Crippen LogP contribution in [0.5, 0.6) is 0 Å². The monoisotopic (exact) mass is 194 g/mol. The van der Waals surface area contributed by atoms with Gasteiger partial charge in [-0.2, -0.15) is 0 Å². The molecule has 1 fully saturated rings. The van der Waals surface area contributed by atoms with E-state index in [1.807, 2.05) is 14.1 Å². The Morgan fingerprint density at radius 3 is 2.79 bits per heavy atom. The number of Topliss-reactive ketones (excluding diaryl/α,β-unsaturated/α-hetero) is 1. The summed E-state index contributed by atoms with van der Waals surface area (Å²) in [6, 6.07) is 2.77. The fraction of sp³-hybridized carbons (Fsp3) is 0.727. The lowest BCUT2D eigenvalue weighted by Crippen LogP contribution is -2.35. The van der Waals surface area contributed by atoms with Gasteiger partial charge in [-0.25, -0.2) is 0 Å². The molecule has 1 aliphatic heterocycles. The second-order valence-electron chi connectivity index (χ2n) is 4.10. The van der Waals surface area contributed by atoms with E-state index in [2.05, 4.69) is 23.9 Å². The van der Waals surface area contributed by atoms with Gasteiger partial charge in [-0.05, 0) is 32.4 Å². The Labute approximate surface area is 86.1 Å². The van der Waals surface area contributed by atoms with Crippen molar-refractivity contribution in [1.29, 1.82) is 0 Å². The largest absolute Gasteiger partial charge is 0.338 e. The second-order valence-corrected chi connectivity index (χ2v) is 4.10. The fourth-order valence-electron chi connectivity index (χ4n) is 1.65. The molecule has 0 N–H and O–H groups in total. The molecule has 0 spiro atoms. The molecule has 1 atom stereocenters. The minimum Gasteiger partial charge on any atom is -0.338 e. The molecule has 0 radical (unpaired) electrons. The topological polar surface area (TPSA) is 23.6 Å². The molecule has 0 amide bonds. The molecule has 0 saturated carbocycles. The van der Waals surface area contributed by atoms with Gasteiger partial charge in [-0.1, -0.05) is 0 Å². The van der Waals surface area contributed by atoms with Gasteiger partial charge in [0.2, 0.25) is 5.78 Å². The number of likely N-dealkylation sites (tertiary alicyclic amines) is 1. The summed E-state index contributed by atoms with van der Waals surface area (Å²) in [7, 11) is 5.74. The summed E-state index contributed by atoms with van der Waals surface area (Å²) in [6.45, 7) is 1.96. The first-order valence-electron chi connectivity index (χ1n) is 5.01. The van der Waals surface area contributed by atoms with Crippen LogP contribution >= 0.6 is 0 Å². The van der Waals surface area contributed by atoms with E-state index >= 15 is 0 Å². The Bertz CT molecular complexity index is 262. The second kappa shape index (κ2) is 5.02. The predicted octanol–water partition coefficient (Wildman–Crippen LogP) is 0.420. The van der Waals surface area contributed by atoms with E-state index in [-0.39, 0.29) is 11.7 Å². The molecular weight excluding hydrogens is 176 g/mol. The first kappa shape index (κ1) is 11.1. The number of nitrogens with zero attached hydrogens (tertiary/aromatic N) is 2. The molecule has 14 heavy (non-hydrogen) atoms. The van der Waals surface area contributed by atoms with Crippen LogP contribution in [0.25, 0.3) is 0 Å². The summed E-state index contributed by atoms with van der Waals surface area (Å²) in [5, 5.41) is 0. The van der Waals surface area contributed by atoms with Crippen molar-refractivity contribution in [3.8, 4) is 12.0 Å². The van der Waals surface area contributed by atoms with Crippen molar-refractivity contribution >= 4 is 5.78 Å². The van der Waals surface area contributed by atoms with Gasteiger partial charge in [0.25, 0.3) is 0 Å². The highest BCUT2D eigenvalue weighted by molar-refractivity contribution is 5.97. The molecular formula is C11H18N2O. The lowest BCUT2D eigenvalue weighted by Gasteiger charge is -2.27. The zero-order chi connectivity index (χ0) is 10.6. The fourth-order valence-corrected chi connectivity index (χ4v) is 1.65. The zero-order valence-corrected chi connectivity index (χ0v) is 9.21. The average Bonchev–Trinajstić information content (AvgIpc) is 2.14. The SMILES string of the molecule is CN(C)C#CC(=O)C1CCCN(C)C1. The third kappa shape index (κ3) is 3.39. The summed E-state index contributed by atoms with van der Waals surface area (Å²) in [5.74, 6) is 2.90. The number of carbonyl (C=O) groups is 1. The van der Waals surface area contributed by atoms with Gasteiger partial charge in [0.1, 0.15) is 0 Å². The van der Waals surface area contributed by atoms with E-state index < -0.39 is 0 Å². The number of ketones is 1. The Balaban J connectivity index is 2.49. The van der Waals surface area contributed by atoms with Crippen LogP contribution in [-0.2, 0) is 4.79 Å². The van der Waals surface area contributed by atoms with Gasteiger partial charge in [-0.3, -0.25) is 4.79 Å². The average molecular weight is 194 g/mol. The highest BCUT2D eigenvalue weighted by atomic mass is 16.1. The number of hydrogen-bond donors (Lipinski definition) is 0. The van der Waals surface area contributed by atoms with Crippen LogP contribution in [0.2, 0.25) is 0 Å². The molecule has 1 heterocycles. The predicted molar refractivity (Wildman–Crippen MR) is 56.7 cm³/mol. The summed E-state index contributed by atoms with van der Waals surface area (Å²) >= 11 is 0. The number of piperidine rings is 1. The van der Waals surface area contributed by atoms with Crippen molar-refractivity contribution < 1.29 is 4.79 Å². The van der Waals surface area contributed by atoms with Crippen molar-refractivity contribution in [1.82, 2.24) is 9.80 Å². The molecule has 0 aromatic rings. The summed E-state index contributed by atoms with van der Waals surface area (Å²) in [5.41, 5.74) is 0. The maximum atomic E-state index is 11.6. The molecule has 0 aromatic heterocycles. The van der Waals surface area contributed by atoms with Crippen molar-refractivity contribution in [3.05, 3.63) is 0 Å². The quantitative estimate of drug-likeness (QED) is 0.446. The Morgan fingerprint density at radius 1 is 1.50 bits per heavy atom. The molecule has 1 saturated heterocycles. The molecule has 3 nitrogen and oxygen atoms in total. The van der Waals surface area contributed by atoms with Crippen LogP contribution in [-0.4, -0.2) is 49.8 Å². The van der Waals surface area contributed by atoms with E-state index in [1.165, 1.54) is 0 Å². The van der Waals surface area contributed by atoms with E-state index in [4.69, 9.17) is 0 Å². The zero-order valence-electron chi connectivity index (χ0n) is 9.21. The third-order valence-corrected chi connectivity index (χ3v) is 2.40. The number of rotatable bonds is 1. The van der Waals surface area contributed by atoms with Crippen LogP contribution < -0.4 is 0 Å². The Hall–Kier alpha value is -1.01. The van der Waals surface area contributed by atoms with Crippen molar-refractivity contribution in [2.75, 3.05) is 34.2 Å². The first-order chi connectivity index (χ1) is 6.59. The van der Waals surface area contributed by atoms with Gasteiger partial charge in [0.15, 0.2) is 0 Å². The smallest absolute Gasteiger partial charge is 0.211 e. The molecule has 0 bridgehead atoms. The standard InChI is InChI=1S/C11H18N2O/c1-12(2)8-6-11(14)10-5-4-7-13(3)9-10/h10H,4-5,7,9H2,1-3H3. The van der Waals surface area contributed by atoms with E-state index in [1.54, 1.807) is 4.90 Å².